The highest BCUT2D eigenvalue weighted by molar-refractivity contribution is 6.04. The molecule has 2 N–H and O–H groups in total. The Bertz CT molecular complexity index is 630. The standard InChI is InChI=1S/C17H20N2O/c1-11-9-13(3)16(10-12(11)2)19-17(20)14-5-7-15(18-4)8-6-14/h5-10,18H,1-4H3,(H,19,20). The Morgan fingerprint density at radius 1 is 0.900 bits per heavy atom. The van der Waals surface area contributed by atoms with E-state index < -0.39 is 0 Å². The molecule has 0 bridgehead atoms. The van der Waals surface area contributed by atoms with E-state index >= 15 is 0 Å². The molecule has 0 spiro atoms. The molecule has 2 rings (SSSR count). The lowest BCUT2D eigenvalue weighted by molar-refractivity contribution is 0.102. The van der Waals surface area contributed by atoms with Gasteiger partial charge in [-0.2, -0.15) is 0 Å². The molecule has 20 heavy (non-hydrogen) atoms. The Morgan fingerprint density at radius 2 is 1.50 bits per heavy atom. The Labute approximate surface area is 120 Å². The second-order valence-corrected chi connectivity index (χ2v) is 5.03. The lowest BCUT2D eigenvalue weighted by Crippen LogP contribution is -2.13. The third kappa shape index (κ3) is 2.99. The quantitative estimate of drug-likeness (QED) is 0.886. The van der Waals surface area contributed by atoms with Crippen molar-refractivity contribution in [2.24, 2.45) is 0 Å². The largest absolute Gasteiger partial charge is 0.388 e. The minimum absolute atomic E-state index is 0.0843. The van der Waals surface area contributed by atoms with E-state index in [1.807, 2.05) is 51.2 Å². The molecule has 0 atom stereocenters. The van der Waals surface area contributed by atoms with Gasteiger partial charge in [0.25, 0.3) is 5.91 Å². The first-order chi connectivity index (χ1) is 9.51. The van der Waals surface area contributed by atoms with Gasteiger partial charge in [-0.25, -0.2) is 0 Å². The van der Waals surface area contributed by atoms with E-state index in [2.05, 4.69) is 23.6 Å². The number of hydrogen-bond acceptors (Lipinski definition) is 2. The van der Waals surface area contributed by atoms with Crippen molar-refractivity contribution in [3.05, 3.63) is 58.7 Å². The van der Waals surface area contributed by atoms with Crippen molar-refractivity contribution in [1.82, 2.24) is 0 Å². The normalized spacial score (nSPS) is 10.2. The fourth-order valence-electron chi connectivity index (χ4n) is 2.08. The van der Waals surface area contributed by atoms with Crippen molar-refractivity contribution >= 4 is 17.3 Å². The van der Waals surface area contributed by atoms with Gasteiger partial charge in [-0.05, 0) is 67.8 Å². The molecule has 0 aliphatic rings. The van der Waals surface area contributed by atoms with Crippen molar-refractivity contribution in [2.45, 2.75) is 20.8 Å². The maximum atomic E-state index is 12.2. The van der Waals surface area contributed by atoms with Crippen LogP contribution in [0.4, 0.5) is 11.4 Å². The van der Waals surface area contributed by atoms with E-state index in [9.17, 15) is 4.79 Å². The van der Waals surface area contributed by atoms with E-state index in [1.54, 1.807) is 0 Å². The maximum absolute atomic E-state index is 12.2. The fourth-order valence-corrected chi connectivity index (χ4v) is 2.08. The molecular formula is C17H20N2O. The van der Waals surface area contributed by atoms with Gasteiger partial charge in [0.15, 0.2) is 0 Å². The van der Waals surface area contributed by atoms with E-state index in [1.165, 1.54) is 11.1 Å². The van der Waals surface area contributed by atoms with Crippen LogP contribution in [0.1, 0.15) is 27.0 Å². The molecule has 0 radical (unpaired) electrons. The summed E-state index contributed by atoms with van der Waals surface area (Å²) in [5.41, 5.74) is 6.00. The molecular weight excluding hydrogens is 248 g/mol. The molecule has 0 aromatic heterocycles. The highest BCUT2D eigenvalue weighted by Crippen LogP contribution is 2.21. The smallest absolute Gasteiger partial charge is 0.255 e. The molecule has 3 heteroatoms. The van der Waals surface area contributed by atoms with E-state index in [4.69, 9.17) is 0 Å². The average Bonchev–Trinajstić information content (AvgIpc) is 2.44. The van der Waals surface area contributed by atoms with Crippen molar-refractivity contribution in [1.29, 1.82) is 0 Å². The van der Waals surface area contributed by atoms with Crippen LogP contribution in [0.3, 0.4) is 0 Å². The van der Waals surface area contributed by atoms with E-state index in [0.29, 0.717) is 5.56 Å². The van der Waals surface area contributed by atoms with Gasteiger partial charge >= 0.3 is 0 Å². The number of aryl methyl sites for hydroxylation is 3. The molecule has 0 aliphatic carbocycles. The molecule has 0 fully saturated rings. The van der Waals surface area contributed by atoms with Crippen molar-refractivity contribution in [3.63, 3.8) is 0 Å². The second kappa shape index (κ2) is 5.78. The fraction of sp³-hybridized carbons (Fsp3) is 0.235. The van der Waals surface area contributed by atoms with Crippen molar-refractivity contribution in [3.8, 4) is 0 Å². The average molecular weight is 268 g/mol. The van der Waals surface area contributed by atoms with Crippen molar-refractivity contribution < 1.29 is 4.79 Å². The summed E-state index contributed by atoms with van der Waals surface area (Å²) in [6.45, 7) is 6.13. The van der Waals surface area contributed by atoms with Gasteiger partial charge in [-0.1, -0.05) is 6.07 Å². The topological polar surface area (TPSA) is 41.1 Å². The lowest BCUT2D eigenvalue weighted by atomic mass is 10.0. The summed E-state index contributed by atoms with van der Waals surface area (Å²) in [6, 6.07) is 11.5. The summed E-state index contributed by atoms with van der Waals surface area (Å²) in [5, 5.41) is 6.01. The van der Waals surface area contributed by atoms with Crippen LogP contribution < -0.4 is 10.6 Å². The summed E-state index contributed by atoms with van der Waals surface area (Å²) in [6.07, 6.45) is 0. The first-order valence-corrected chi connectivity index (χ1v) is 6.68. The van der Waals surface area contributed by atoms with E-state index in [0.717, 1.165) is 16.9 Å². The number of hydrogen-bond donors (Lipinski definition) is 2. The third-order valence-corrected chi connectivity index (χ3v) is 3.52. The molecule has 0 heterocycles. The molecule has 0 saturated carbocycles. The predicted molar refractivity (Wildman–Crippen MR) is 84.6 cm³/mol. The van der Waals surface area contributed by atoms with Crippen LogP contribution in [0.5, 0.6) is 0 Å². The maximum Gasteiger partial charge on any atom is 0.255 e. The van der Waals surface area contributed by atoms with Gasteiger partial charge in [-0.3, -0.25) is 4.79 Å². The van der Waals surface area contributed by atoms with Crippen LogP contribution in [-0.4, -0.2) is 13.0 Å². The molecule has 3 nitrogen and oxygen atoms in total. The van der Waals surface area contributed by atoms with Crippen LogP contribution in [0.2, 0.25) is 0 Å². The lowest BCUT2D eigenvalue weighted by Gasteiger charge is -2.11. The molecule has 104 valence electrons. The van der Waals surface area contributed by atoms with Crippen LogP contribution in [0, 0.1) is 20.8 Å². The summed E-state index contributed by atoms with van der Waals surface area (Å²) >= 11 is 0. The Kier molecular flexibility index (Phi) is 4.08. The summed E-state index contributed by atoms with van der Waals surface area (Å²) in [4.78, 5) is 12.2. The summed E-state index contributed by atoms with van der Waals surface area (Å²) < 4.78 is 0. The van der Waals surface area contributed by atoms with Crippen LogP contribution in [-0.2, 0) is 0 Å². The minimum Gasteiger partial charge on any atom is -0.388 e. The van der Waals surface area contributed by atoms with Crippen molar-refractivity contribution in [2.75, 3.05) is 17.7 Å². The second-order valence-electron chi connectivity index (χ2n) is 5.03. The van der Waals surface area contributed by atoms with Gasteiger partial charge in [-0.15, -0.1) is 0 Å². The Hall–Kier alpha value is -2.29. The number of benzene rings is 2. The Balaban J connectivity index is 2.20. The van der Waals surface area contributed by atoms with Crippen LogP contribution in [0.15, 0.2) is 36.4 Å². The number of carbonyl (C=O) groups excluding carboxylic acids is 1. The zero-order valence-corrected chi connectivity index (χ0v) is 12.4. The summed E-state index contributed by atoms with van der Waals surface area (Å²) in [7, 11) is 1.85. The van der Waals surface area contributed by atoms with Gasteiger partial charge in [0.1, 0.15) is 0 Å². The predicted octanol–water partition coefficient (Wildman–Crippen LogP) is 3.91. The van der Waals surface area contributed by atoms with Gasteiger partial charge in [0, 0.05) is 24.0 Å². The zero-order valence-electron chi connectivity index (χ0n) is 12.4. The SMILES string of the molecule is CNc1ccc(C(=O)Nc2cc(C)c(C)cc2C)cc1. The summed E-state index contributed by atoms with van der Waals surface area (Å²) in [5.74, 6) is -0.0843. The number of carbonyl (C=O) groups is 1. The van der Waals surface area contributed by atoms with E-state index in [-0.39, 0.29) is 5.91 Å². The molecule has 0 aliphatic heterocycles. The first kappa shape index (κ1) is 14.1. The number of nitrogens with one attached hydrogen (secondary N) is 2. The Morgan fingerprint density at radius 3 is 2.10 bits per heavy atom. The van der Waals surface area contributed by atoms with Crippen LogP contribution in [0.25, 0.3) is 0 Å². The molecule has 0 unspecified atom stereocenters. The highest BCUT2D eigenvalue weighted by atomic mass is 16.1. The monoisotopic (exact) mass is 268 g/mol. The molecule has 1 amide bonds. The van der Waals surface area contributed by atoms with Gasteiger partial charge < -0.3 is 10.6 Å². The molecule has 2 aromatic carbocycles. The number of rotatable bonds is 3. The minimum atomic E-state index is -0.0843. The third-order valence-electron chi connectivity index (χ3n) is 3.52. The molecule has 2 aromatic rings. The number of anilines is 2. The van der Waals surface area contributed by atoms with Gasteiger partial charge in [0.2, 0.25) is 0 Å². The number of amides is 1. The zero-order chi connectivity index (χ0) is 14.7. The van der Waals surface area contributed by atoms with Gasteiger partial charge in [0.05, 0.1) is 0 Å². The van der Waals surface area contributed by atoms with Crippen LogP contribution >= 0.6 is 0 Å². The first-order valence-electron chi connectivity index (χ1n) is 6.68. The highest BCUT2D eigenvalue weighted by Gasteiger charge is 2.08. The molecule has 0 saturated heterocycles.